The zero-order valence-electron chi connectivity index (χ0n) is 15.5. The van der Waals surface area contributed by atoms with Gasteiger partial charge in [-0.3, -0.25) is 9.59 Å². The van der Waals surface area contributed by atoms with Crippen LogP contribution in [0.4, 0.5) is 5.69 Å². The fourth-order valence-corrected chi connectivity index (χ4v) is 3.86. The second-order valence-electron chi connectivity index (χ2n) is 7.03. The summed E-state index contributed by atoms with van der Waals surface area (Å²) in [5, 5.41) is 15.0. The lowest BCUT2D eigenvalue weighted by Gasteiger charge is -2.28. The Hall–Kier alpha value is -2.61. The van der Waals surface area contributed by atoms with Crippen LogP contribution in [0.1, 0.15) is 32.3 Å². The average molecular weight is 449 g/mol. The van der Waals surface area contributed by atoms with E-state index in [9.17, 15) is 14.4 Å². The first kappa shape index (κ1) is 20.1. The Balaban J connectivity index is 1.95. The van der Waals surface area contributed by atoms with Crippen LogP contribution in [-0.4, -0.2) is 35.6 Å². The smallest absolute Gasteiger partial charge is 0.329 e. The minimum atomic E-state index is -0.932. The quantitative estimate of drug-likeness (QED) is 0.456. The van der Waals surface area contributed by atoms with Crippen LogP contribution in [0.5, 0.6) is 0 Å². The van der Waals surface area contributed by atoms with E-state index in [0.29, 0.717) is 17.0 Å². The Kier molecular flexibility index (Phi) is 5.60. The van der Waals surface area contributed by atoms with E-state index >= 15 is 0 Å². The number of carbonyl (C=O) groups excluding carboxylic acids is 2. The third kappa shape index (κ3) is 3.96. The summed E-state index contributed by atoms with van der Waals surface area (Å²) in [5.74, 6) is -1.61. The van der Waals surface area contributed by atoms with Crippen molar-refractivity contribution in [3.63, 3.8) is 0 Å². The summed E-state index contributed by atoms with van der Waals surface area (Å²) in [6.07, 6.45) is 3.68. The van der Waals surface area contributed by atoms with E-state index in [-0.39, 0.29) is 25.4 Å². The lowest BCUT2D eigenvalue weighted by Crippen LogP contribution is -2.44. The lowest BCUT2D eigenvalue weighted by molar-refractivity contribution is -0.148. The molecule has 0 spiro atoms. The highest BCUT2D eigenvalue weighted by atomic mass is 79.9. The first-order valence-corrected chi connectivity index (χ1v) is 9.73. The highest BCUT2D eigenvalue weighted by molar-refractivity contribution is 9.10. The summed E-state index contributed by atoms with van der Waals surface area (Å²) in [6.45, 7) is 3.76. The Morgan fingerprint density at radius 2 is 2.14 bits per heavy atom. The topological polar surface area (TPSA) is 105 Å². The molecule has 1 aromatic carbocycles. The normalized spacial score (nSPS) is 24.4. The number of anilines is 1. The number of fused-ring (bicyclic) bond motifs is 1. The zero-order chi connectivity index (χ0) is 20.5. The Morgan fingerprint density at radius 1 is 1.39 bits per heavy atom. The number of amides is 1. The molecule has 1 amide bonds. The molecule has 0 bridgehead atoms. The van der Waals surface area contributed by atoms with Crippen LogP contribution in [0.3, 0.4) is 0 Å². The number of nitrogens with one attached hydrogen (secondary N) is 2. The van der Waals surface area contributed by atoms with Crippen molar-refractivity contribution in [2.45, 2.75) is 32.7 Å². The number of hydrogen-bond acceptors (Lipinski definition) is 5. The minimum Gasteiger partial charge on any atom is -0.481 e. The van der Waals surface area contributed by atoms with Crippen molar-refractivity contribution < 1.29 is 24.2 Å². The van der Waals surface area contributed by atoms with E-state index in [4.69, 9.17) is 9.84 Å². The largest absolute Gasteiger partial charge is 0.481 e. The van der Waals surface area contributed by atoms with Crippen molar-refractivity contribution in [1.82, 2.24) is 5.32 Å². The highest BCUT2D eigenvalue weighted by Crippen LogP contribution is 2.39. The van der Waals surface area contributed by atoms with Crippen LogP contribution in [-0.2, 0) is 19.1 Å². The second kappa shape index (κ2) is 7.79. The van der Waals surface area contributed by atoms with Gasteiger partial charge in [-0.2, -0.15) is 0 Å². The molecule has 28 heavy (non-hydrogen) atoms. The average Bonchev–Trinajstić information content (AvgIpc) is 3.11. The maximum atomic E-state index is 12.4. The van der Waals surface area contributed by atoms with E-state index in [0.717, 1.165) is 10.0 Å². The van der Waals surface area contributed by atoms with Gasteiger partial charge in [-0.1, -0.05) is 28.9 Å². The third-order valence-electron chi connectivity index (χ3n) is 4.92. The molecule has 2 heterocycles. The van der Waals surface area contributed by atoms with Crippen LogP contribution >= 0.6 is 15.9 Å². The fourth-order valence-electron chi connectivity index (χ4n) is 3.50. The molecule has 2 unspecified atom stereocenters. The van der Waals surface area contributed by atoms with Crippen LogP contribution < -0.4 is 10.6 Å². The minimum absolute atomic E-state index is 0.0787. The number of ether oxygens (including phenoxy) is 1. The number of carboxylic acid groups (broad SMARTS) is 1. The Morgan fingerprint density at radius 3 is 2.82 bits per heavy atom. The van der Waals surface area contributed by atoms with Gasteiger partial charge in [0.25, 0.3) is 5.91 Å². The van der Waals surface area contributed by atoms with E-state index in [1.165, 1.54) is 0 Å². The van der Waals surface area contributed by atoms with Gasteiger partial charge < -0.3 is 20.5 Å². The Bertz CT molecular complexity index is 908. The molecule has 1 aromatic rings. The van der Waals surface area contributed by atoms with E-state index in [2.05, 4.69) is 26.6 Å². The summed E-state index contributed by atoms with van der Waals surface area (Å²) in [6, 6.07) is 4.79. The Labute approximate surface area is 171 Å². The van der Waals surface area contributed by atoms with Crippen molar-refractivity contribution >= 4 is 45.0 Å². The van der Waals surface area contributed by atoms with Gasteiger partial charge in [-0.05, 0) is 37.6 Å². The number of rotatable bonds is 6. The molecule has 0 saturated heterocycles. The van der Waals surface area contributed by atoms with Crippen LogP contribution in [0.15, 0.2) is 40.5 Å². The van der Waals surface area contributed by atoms with Gasteiger partial charge in [-0.25, -0.2) is 4.79 Å². The number of aliphatic carboxylic acids is 1. The molecule has 7 nitrogen and oxygen atoms in total. The summed E-state index contributed by atoms with van der Waals surface area (Å²) >= 11 is 3.41. The van der Waals surface area contributed by atoms with Crippen LogP contribution in [0.25, 0.3) is 5.57 Å². The van der Waals surface area contributed by atoms with Gasteiger partial charge in [0.1, 0.15) is 6.04 Å². The number of esters is 1. The van der Waals surface area contributed by atoms with Gasteiger partial charge >= 0.3 is 11.9 Å². The third-order valence-corrected chi connectivity index (χ3v) is 5.41. The van der Waals surface area contributed by atoms with Crippen LogP contribution in [0, 0.1) is 5.41 Å². The number of hydrogen-bond donors (Lipinski definition) is 3. The van der Waals surface area contributed by atoms with Crippen LogP contribution in [0.2, 0.25) is 0 Å². The van der Waals surface area contributed by atoms with Gasteiger partial charge in [0.15, 0.2) is 0 Å². The van der Waals surface area contributed by atoms with E-state index in [1.807, 2.05) is 31.2 Å². The van der Waals surface area contributed by atoms with E-state index in [1.54, 1.807) is 13.0 Å². The molecule has 0 fully saturated rings. The molecule has 0 saturated carbocycles. The standard InChI is InChI=1S/C20H21BrN2O5/c1-3-28-19(27)17-20(2,7-6-16(24)25)10-12(22-17)9-14-13-8-11(21)4-5-15(13)23-18(14)26/h4-5,8-10,17,22H,3,6-7H2,1-2H3,(H,23,26)(H,24,25). The number of allylic oxidation sites excluding steroid dienone is 1. The monoisotopic (exact) mass is 448 g/mol. The predicted octanol–water partition coefficient (Wildman–Crippen LogP) is 3.07. The maximum absolute atomic E-state index is 12.4. The summed E-state index contributed by atoms with van der Waals surface area (Å²) in [5.41, 5.74) is 1.79. The summed E-state index contributed by atoms with van der Waals surface area (Å²) in [4.78, 5) is 35.9. The predicted molar refractivity (Wildman–Crippen MR) is 107 cm³/mol. The number of carbonyl (C=O) groups is 3. The summed E-state index contributed by atoms with van der Waals surface area (Å²) < 4.78 is 6.00. The SMILES string of the molecule is CCOC(=O)C1NC(C=C2C(=O)Nc3ccc(Br)cc32)=CC1(C)CCC(=O)O. The second-order valence-corrected chi connectivity index (χ2v) is 7.95. The van der Waals surface area contributed by atoms with Crippen molar-refractivity contribution in [3.05, 3.63) is 46.1 Å². The number of halogens is 1. The molecule has 148 valence electrons. The van der Waals surface area contributed by atoms with Gasteiger partial charge in [0, 0.05) is 33.3 Å². The van der Waals surface area contributed by atoms with Gasteiger partial charge in [-0.15, -0.1) is 0 Å². The molecule has 2 aliphatic heterocycles. The van der Waals surface area contributed by atoms with Gasteiger partial charge in [0.05, 0.1) is 12.2 Å². The molecule has 3 rings (SSSR count). The number of benzene rings is 1. The molecule has 3 N–H and O–H groups in total. The van der Waals surface area contributed by atoms with Crippen molar-refractivity contribution in [1.29, 1.82) is 0 Å². The van der Waals surface area contributed by atoms with E-state index < -0.39 is 23.4 Å². The number of carboxylic acids is 1. The molecule has 2 atom stereocenters. The fraction of sp³-hybridized carbons (Fsp3) is 0.350. The molecule has 0 aliphatic carbocycles. The molecular formula is C20H21BrN2O5. The highest BCUT2D eigenvalue weighted by Gasteiger charge is 2.43. The van der Waals surface area contributed by atoms with Crippen molar-refractivity contribution in [3.8, 4) is 0 Å². The maximum Gasteiger partial charge on any atom is 0.329 e. The van der Waals surface area contributed by atoms with Crippen molar-refractivity contribution in [2.24, 2.45) is 5.41 Å². The first-order valence-electron chi connectivity index (χ1n) is 8.94. The first-order chi connectivity index (χ1) is 13.2. The molecule has 2 aliphatic rings. The molecular weight excluding hydrogens is 428 g/mol. The van der Waals surface area contributed by atoms with Gasteiger partial charge in [0.2, 0.25) is 0 Å². The zero-order valence-corrected chi connectivity index (χ0v) is 17.1. The molecule has 0 radical (unpaired) electrons. The lowest BCUT2D eigenvalue weighted by atomic mass is 9.80. The summed E-state index contributed by atoms with van der Waals surface area (Å²) in [7, 11) is 0. The van der Waals surface area contributed by atoms with Crippen molar-refractivity contribution in [2.75, 3.05) is 11.9 Å². The molecule has 8 heteroatoms. The molecule has 0 aromatic heterocycles.